The summed E-state index contributed by atoms with van der Waals surface area (Å²) in [5.41, 5.74) is 5.13. The Morgan fingerprint density at radius 3 is 2.68 bits per heavy atom. The third-order valence-electron chi connectivity index (χ3n) is 2.19. The summed E-state index contributed by atoms with van der Waals surface area (Å²) in [6, 6.07) is 2.47. The summed E-state index contributed by atoms with van der Waals surface area (Å²) in [6.45, 7) is -1.45. The second kappa shape index (κ2) is 5.74. The number of alkyl halides is 3. The van der Waals surface area contributed by atoms with Crippen molar-refractivity contribution < 1.29 is 23.1 Å². The number of pyridine rings is 1. The van der Waals surface area contributed by atoms with Gasteiger partial charge in [0, 0.05) is 18.0 Å². The number of hydrogen-bond donors (Lipinski definition) is 3. The van der Waals surface area contributed by atoms with Crippen LogP contribution in [0, 0.1) is 0 Å². The molecule has 0 radical (unpaired) electrons. The van der Waals surface area contributed by atoms with Gasteiger partial charge in [0.05, 0.1) is 6.54 Å². The van der Waals surface area contributed by atoms with Crippen LogP contribution in [0.1, 0.15) is 0 Å². The smallest absolute Gasteiger partial charge is 0.398 e. The molecule has 9 heteroatoms. The lowest BCUT2D eigenvalue weighted by molar-refractivity contribution is -0.201. The maximum atomic E-state index is 12.0. The Labute approximate surface area is 105 Å². The molecule has 0 fully saturated rings. The minimum Gasteiger partial charge on any atom is -0.398 e. The Balaban J connectivity index is 2.57. The molecule has 1 aromatic rings. The van der Waals surface area contributed by atoms with Crippen LogP contribution < -0.4 is 16.6 Å². The first-order valence-electron chi connectivity index (χ1n) is 5.17. The maximum absolute atomic E-state index is 12.0. The molecule has 106 valence electrons. The van der Waals surface area contributed by atoms with E-state index in [-0.39, 0.29) is 5.69 Å². The molecule has 1 amide bonds. The number of hydrogen-bond acceptors (Lipinski definition) is 4. The van der Waals surface area contributed by atoms with Crippen LogP contribution in [0.4, 0.5) is 18.9 Å². The molecule has 1 atom stereocenters. The minimum absolute atomic E-state index is 0.239. The van der Waals surface area contributed by atoms with Gasteiger partial charge in [-0.05, 0) is 6.07 Å². The normalized spacial score (nSPS) is 13.1. The largest absolute Gasteiger partial charge is 0.416 e. The molecule has 0 bridgehead atoms. The van der Waals surface area contributed by atoms with Crippen molar-refractivity contribution in [3.8, 4) is 0 Å². The number of nitrogens with two attached hydrogens (primary N) is 1. The van der Waals surface area contributed by atoms with Crippen molar-refractivity contribution in [2.75, 3.05) is 12.3 Å². The maximum Gasteiger partial charge on any atom is 0.416 e. The highest BCUT2D eigenvalue weighted by atomic mass is 19.4. The molecule has 1 unspecified atom stereocenters. The summed E-state index contributed by atoms with van der Waals surface area (Å²) in [4.78, 5) is 22.6. The average Bonchev–Trinajstić information content (AvgIpc) is 2.29. The predicted molar refractivity (Wildman–Crippen MR) is 60.2 cm³/mol. The van der Waals surface area contributed by atoms with Crippen LogP contribution in [0.25, 0.3) is 0 Å². The van der Waals surface area contributed by atoms with E-state index in [2.05, 4.69) is 0 Å². The zero-order valence-corrected chi connectivity index (χ0v) is 9.65. The lowest BCUT2D eigenvalue weighted by Crippen LogP contribution is -2.42. The molecule has 1 aromatic heterocycles. The van der Waals surface area contributed by atoms with Gasteiger partial charge in [-0.2, -0.15) is 13.2 Å². The fraction of sp³-hybridized carbons (Fsp3) is 0.400. The Hall–Kier alpha value is -2.03. The SMILES string of the molecule is Nc1ccc(=O)n(CC(=O)NCC(O)C(F)(F)F)c1. The van der Waals surface area contributed by atoms with Crippen LogP contribution in [-0.2, 0) is 11.3 Å². The van der Waals surface area contributed by atoms with Crippen molar-refractivity contribution in [2.45, 2.75) is 18.8 Å². The Morgan fingerprint density at radius 2 is 2.11 bits per heavy atom. The lowest BCUT2D eigenvalue weighted by atomic mass is 10.3. The van der Waals surface area contributed by atoms with Gasteiger partial charge >= 0.3 is 6.18 Å². The van der Waals surface area contributed by atoms with Crippen molar-refractivity contribution in [3.05, 3.63) is 28.7 Å². The summed E-state index contributed by atoms with van der Waals surface area (Å²) < 4.78 is 36.9. The summed E-state index contributed by atoms with van der Waals surface area (Å²) in [5.74, 6) is -0.837. The number of amides is 1. The van der Waals surface area contributed by atoms with Gasteiger partial charge in [-0.1, -0.05) is 0 Å². The molecular formula is C10H12F3N3O3. The van der Waals surface area contributed by atoms with Crippen LogP contribution >= 0.6 is 0 Å². The topological polar surface area (TPSA) is 97.4 Å². The highest BCUT2D eigenvalue weighted by Crippen LogP contribution is 2.19. The third kappa shape index (κ3) is 4.62. The molecule has 0 aliphatic heterocycles. The van der Waals surface area contributed by atoms with E-state index in [1.54, 1.807) is 0 Å². The van der Waals surface area contributed by atoms with Crippen molar-refractivity contribution >= 4 is 11.6 Å². The number of carbonyl (C=O) groups is 1. The number of nitrogens with one attached hydrogen (secondary N) is 1. The minimum atomic E-state index is -4.80. The van der Waals surface area contributed by atoms with Crippen molar-refractivity contribution in [1.82, 2.24) is 9.88 Å². The van der Waals surface area contributed by atoms with Crippen LogP contribution in [0.2, 0.25) is 0 Å². The first-order chi connectivity index (χ1) is 8.70. The lowest BCUT2D eigenvalue weighted by Gasteiger charge is -2.15. The Kier molecular flexibility index (Phi) is 4.54. The van der Waals surface area contributed by atoms with Crippen LogP contribution in [0.3, 0.4) is 0 Å². The van der Waals surface area contributed by atoms with E-state index >= 15 is 0 Å². The van der Waals surface area contributed by atoms with Crippen LogP contribution in [-0.4, -0.2) is 34.4 Å². The van der Waals surface area contributed by atoms with Crippen molar-refractivity contribution in [1.29, 1.82) is 0 Å². The molecule has 19 heavy (non-hydrogen) atoms. The van der Waals surface area contributed by atoms with Gasteiger partial charge in [-0.3, -0.25) is 9.59 Å². The van der Waals surface area contributed by atoms with E-state index in [1.807, 2.05) is 5.32 Å². The third-order valence-corrected chi connectivity index (χ3v) is 2.19. The highest BCUT2D eigenvalue weighted by molar-refractivity contribution is 5.75. The standard InChI is InChI=1S/C10H12F3N3O3/c11-10(12,13)7(17)3-15-8(18)5-16-4-6(14)1-2-9(16)19/h1-2,4,7,17H,3,5,14H2,(H,15,18). The molecule has 0 aliphatic carbocycles. The number of anilines is 1. The second-order valence-electron chi connectivity index (χ2n) is 3.79. The summed E-state index contributed by atoms with van der Waals surface area (Å²) in [6.07, 6.45) is -6.25. The molecule has 0 aliphatic rings. The van der Waals surface area contributed by atoms with Crippen molar-refractivity contribution in [2.24, 2.45) is 0 Å². The Morgan fingerprint density at radius 1 is 1.47 bits per heavy atom. The van der Waals surface area contributed by atoms with Gasteiger partial charge in [0.1, 0.15) is 6.54 Å². The van der Waals surface area contributed by atoms with Gasteiger partial charge in [-0.25, -0.2) is 0 Å². The van der Waals surface area contributed by atoms with Gasteiger partial charge in [-0.15, -0.1) is 0 Å². The molecule has 0 spiro atoms. The van der Waals surface area contributed by atoms with E-state index in [0.29, 0.717) is 0 Å². The average molecular weight is 279 g/mol. The van der Waals surface area contributed by atoms with Gasteiger partial charge in [0.2, 0.25) is 5.91 Å². The Bertz CT molecular complexity index is 513. The van der Waals surface area contributed by atoms with E-state index in [1.165, 1.54) is 12.3 Å². The van der Waals surface area contributed by atoms with Crippen molar-refractivity contribution in [3.63, 3.8) is 0 Å². The monoisotopic (exact) mass is 279 g/mol. The molecular weight excluding hydrogens is 267 g/mol. The molecule has 0 aromatic carbocycles. The summed E-state index contributed by atoms with van der Waals surface area (Å²) in [5, 5.41) is 10.5. The molecule has 0 saturated heterocycles. The molecule has 6 nitrogen and oxygen atoms in total. The van der Waals surface area contributed by atoms with E-state index < -0.39 is 36.8 Å². The quantitative estimate of drug-likeness (QED) is 0.690. The highest BCUT2D eigenvalue weighted by Gasteiger charge is 2.38. The predicted octanol–water partition coefficient (Wildman–Crippen LogP) is -0.530. The van der Waals surface area contributed by atoms with Crippen LogP contribution in [0.5, 0.6) is 0 Å². The van der Waals surface area contributed by atoms with E-state index in [0.717, 1.165) is 10.6 Å². The molecule has 0 saturated carbocycles. The number of carbonyl (C=O) groups excluding carboxylic acids is 1. The molecule has 1 rings (SSSR count). The number of nitrogens with zero attached hydrogens (tertiary/aromatic N) is 1. The number of nitrogen functional groups attached to an aromatic ring is 1. The first-order valence-corrected chi connectivity index (χ1v) is 5.17. The number of rotatable bonds is 4. The van der Waals surface area contributed by atoms with Crippen LogP contribution in [0.15, 0.2) is 23.1 Å². The van der Waals surface area contributed by atoms with Gasteiger partial charge < -0.3 is 20.7 Å². The number of halogens is 3. The zero-order valence-electron chi connectivity index (χ0n) is 9.65. The zero-order chi connectivity index (χ0) is 14.6. The fourth-order valence-corrected chi connectivity index (χ4v) is 1.21. The second-order valence-corrected chi connectivity index (χ2v) is 3.79. The molecule has 1 heterocycles. The van der Waals surface area contributed by atoms with E-state index in [4.69, 9.17) is 10.8 Å². The fourth-order valence-electron chi connectivity index (χ4n) is 1.21. The summed E-state index contributed by atoms with van der Waals surface area (Å²) >= 11 is 0. The molecule has 4 N–H and O–H groups in total. The van der Waals surface area contributed by atoms with Gasteiger partial charge in [0.15, 0.2) is 6.10 Å². The van der Waals surface area contributed by atoms with Gasteiger partial charge in [0.25, 0.3) is 5.56 Å². The number of aliphatic hydroxyl groups excluding tert-OH is 1. The first kappa shape index (κ1) is 15.0. The van der Waals surface area contributed by atoms with E-state index in [9.17, 15) is 22.8 Å². The summed E-state index contributed by atoms with van der Waals surface area (Å²) in [7, 11) is 0. The number of aliphatic hydroxyl groups is 1. The number of aromatic nitrogens is 1.